The summed E-state index contributed by atoms with van der Waals surface area (Å²) in [6.45, 7) is 10.4. The predicted octanol–water partition coefficient (Wildman–Crippen LogP) is 2.88. The molecule has 1 fully saturated rings. The van der Waals surface area contributed by atoms with Gasteiger partial charge in [-0.3, -0.25) is 4.79 Å². The van der Waals surface area contributed by atoms with Crippen molar-refractivity contribution >= 4 is 5.91 Å². The van der Waals surface area contributed by atoms with E-state index in [4.69, 9.17) is 14.2 Å². The summed E-state index contributed by atoms with van der Waals surface area (Å²) in [6.07, 6.45) is 1.36. The SMILES string of the molecule is C=COC1CC(=O)N1CC(=C)[C@H](C)OCc1ccc(OC)cc1. The standard InChI is InChI=1S/C18H23NO4/c1-5-22-18-10-17(20)19(18)11-13(2)14(3)23-12-15-6-8-16(21-4)9-7-15/h5-9,14,18H,1-2,10-12H2,3-4H3/t14-,18?/m0/s1. The highest BCUT2D eigenvalue weighted by molar-refractivity contribution is 5.82. The summed E-state index contributed by atoms with van der Waals surface area (Å²) >= 11 is 0. The number of methoxy groups -OCH3 is 1. The lowest BCUT2D eigenvalue weighted by Gasteiger charge is -2.40. The first kappa shape index (κ1) is 17.1. The fraction of sp³-hybridized carbons (Fsp3) is 0.389. The maximum Gasteiger partial charge on any atom is 0.231 e. The van der Waals surface area contributed by atoms with Gasteiger partial charge in [0, 0.05) is 6.54 Å². The van der Waals surface area contributed by atoms with E-state index in [0.717, 1.165) is 16.9 Å². The summed E-state index contributed by atoms with van der Waals surface area (Å²) in [6, 6.07) is 7.71. The number of hydrogen-bond acceptors (Lipinski definition) is 4. The Bertz CT molecular complexity index is 565. The van der Waals surface area contributed by atoms with Crippen LogP contribution in [0, 0.1) is 0 Å². The Morgan fingerprint density at radius 1 is 1.43 bits per heavy atom. The Morgan fingerprint density at radius 3 is 2.70 bits per heavy atom. The molecule has 1 amide bonds. The highest BCUT2D eigenvalue weighted by atomic mass is 16.5. The van der Waals surface area contributed by atoms with Gasteiger partial charge in [-0.25, -0.2) is 0 Å². The third kappa shape index (κ3) is 4.36. The molecule has 1 saturated heterocycles. The van der Waals surface area contributed by atoms with Crippen LogP contribution in [0.5, 0.6) is 5.75 Å². The van der Waals surface area contributed by atoms with Gasteiger partial charge < -0.3 is 19.1 Å². The van der Waals surface area contributed by atoms with Crippen molar-refractivity contribution < 1.29 is 19.0 Å². The van der Waals surface area contributed by atoms with Gasteiger partial charge in [0.1, 0.15) is 5.75 Å². The number of carbonyl (C=O) groups is 1. The number of rotatable bonds is 9. The van der Waals surface area contributed by atoms with E-state index in [9.17, 15) is 4.79 Å². The zero-order valence-electron chi connectivity index (χ0n) is 13.7. The second-order valence-corrected chi connectivity index (χ2v) is 5.44. The van der Waals surface area contributed by atoms with Crippen LogP contribution in [0.3, 0.4) is 0 Å². The van der Waals surface area contributed by atoms with Crippen molar-refractivity contribution in [2.45, 2.75) is 32.3 Å². The highest BCUT2D eigenvalue weighted by Crippen LogP contribution is 2.23. The van der Waals surface area contributed by atoms with Crippen molar-refractivity contribution in [3.8, 4) is 5.75 Å². The molecular formula is C18H23NO4. The van der Waals surface area contributed by atoms with Gasteiger partial charge in [0.05, 0.1) is 32.5 Å². The Kier molecular flexibility index (Phi) is 5.82. The number of carbonyl (C=O) groups excluding carboxylic acids is 1. The summed E-state index contributed by atoms with van der Waals surface area (Å²) in [5.74, 6) is 0.871. The summed E-state index contributed by atoms with van der Waals surface area (Å²) in [5.41, 5.74) is 1.89. The zero-order valence-corrected chi connectivity index (χ0v) is 13.7. The van der Waals surface area contributed by atoms with Crippen LogP contribution >= 0.6 is 0 Å². The number of hydrogen-bond donors (Lipinski definition) is 0. The summed E-state index contributed by atoms with van der Waals surface area (Å²) in [7, 11) is 1.64. The minimum Gasteiger partial charge on any atom is -0.497 e. The molecule has 0 aromatic heterocycles. The van der Waals surface area contributed by atoms with Gasteiger partial charge in [0.2, 0.25) is 5.91 Å². The molecule has 0 radical (unpaired) electrons. The van der Waals surface area contributed by atoms with Crippen molar-refractivity contribution in [3.63, 3.8) is 0 Å². The predicted molar refractivity (Wildman–Crippen MR) is 87.8 cm³/mol. The van der Waals surface area contributed by atoms with E-state index >= 15 is 0 Å². The molecule has 0 saturated carbocycles. The zero-order chi connectivity index (χ0) is 16.8. The van der Waals surface area contributed by atoms with Gasteiger partial charge in [0.15, 0.2) is 6.23 Å². The van der Waals surface area contributed by atoms with Crippen molar-refractivity contribution in [3.05, 3.63) is 54.8 Å². The van der Waals surface area contributed by atoms with Crippen molar-refractivity contribution in [2.24, 2.45) is 0 Å². The number of ether oxygens (including phenoxy) is 3. The van der Waals surface area contributed by atoms with Gasteiger partial charge in [-0.2, -0.15) is 0 Å². The second kappa shape index (κ2) is 7.83. The van der Waals surface area contributed by atoms with Gasteiger partial charge in [-0.15, -0.1) is 0 Å². The molecular weight excluding hydrogens is 294 g/mol. The molecule has 2 atom stereocenters. The number of benzene rings is 1. The average molecular weight is 317 g/mol. The molecule has 1 heterocycles. The van der Waals surface area contributed by atoms with E-state index in [-0.39, 0.29) is 18.2 Å². The van der Waals surface area contributed by atoms with Crippen LogP contribution in [0.1, 0.15) is 18.9 Å². The molecule has 5 heteroatoms. The molecule has 1 unspecified atom stereocenters. The van der Waals surface area contributed by atoms with Crippen LogP contribution < -0.4 is 4.74 Å². The van der Waals surface area contributed by atoms with Gasteiger partial charge in [-0.05, 0) is 30.2 Å². The number of β-lactam (4-membered cyclic amide) rings is 1. The maximum absolute atomic E-state index is 11.6. The lowest BCUT2D eigenvalue weighted by atomic mass is 10.1. The molecule has 1 aromatic rings. The molecule has 0 spiro atoms. The van der Waals surface area contributed by atoms with Gasteiger partial charge in [-0.1, -0.05) is 25.3 Å². The summed E-state index contributed by atoms with van der Waals surface area (Å²) in [4.78, 5) is 13.3. The average Bonchev–Trinajstić information content (AvgIpc) is 2.57. The maximum atomic E-state index is 11.6. The van der Waals surface area contributed by atoms with Crippen molar-refractivity contribution in [1.82, 2.24) is 4.90 Å². The molecule has 0 aliphatic carbocycles. The van der Waals surface area contributed by atoms with E-state index in [1.165, 1.54) is 6.26 Å². The Balaban J connectivity index is 1.80. The third-order valence-electron chi connectivity index (χ3n) is 3.88. The topological polar surface area (TPSA) is 48.0 Å². The first-order chi connectivity index (χ1) is 11.0. The van der Waals surface area contributed by atoms with Crippen molar-refractivity contribution in [1.29, 1.82) is 0 Å². The van der Waals surface area contributed by atoms with Crippen LogP contribution in [0.15, 0.2) is 49.3 Å². The lowest BCUT2D eigenvalue weighted by Crippen LogP contribution is -2.54. The van der Waals surface area contributed by atoms with E-state index in [2.05, 4.69) is 13.2 Å². The minimum absolute atomic E-state index is 0.0559. The molecule has 1 aliphatic heterocycles. The molecule has 0 N–H and O–H groups in total. The van der Waals surface area contributed by atoms with Crippen molar-refractivity contribution in [2.75, 3.05) is 13.7 Å². The normalized spacial score (nSPS) is 18.1. The quantitative estimate of drug-likeness (QED) is 0.399. The second-order valence-electron chi connectivity index (χ2n) is 5.44. The van der Waals surface area contributed by atoms with E-state index < -0.39 is 0 Å². The summed E-state index contributed by atoms with van der Waals surface area (Å²) < 4.78 is 16.2. The molecule has 5 nitrogen and oxygen atoms in total. The first-order valence-electron chi connectivity index (χ1n) is 7.53. The number of amides is 1. The van der Waals surface area contributed by atoms with Gasteiger partial charge in [0.25, 0.3) is 0 Å². The smallest absolute Gasteiger partial charge is 0.231 e. The van der Waals surface area contributed by atoms with Crippen LogP contribution in [-0.2, 0) is 20.9 Å². The Morgan fingerprint density at radius 2 is 2.13 bits per heavy atom. The third-order valence-corrected chi connectivity index (χ3v) is 3.88. The van der Waals surface area contributed by atoms with E-state index in [1.807, 2.05) is 31.2 Å². The van der Waals surface area contributed by atoms with E-state index in [1.54, 1.807) is 12.0 Å². The Labute approximate surface area is 137 Å². The molecule has 0 bridgehead atoms. The molecule has 2 rings (SSSR count). The molecule has 1 aliphatic rings. The van der Waals surface area contributed by atoms with Gasteiger partial charge >= 0.3 is 0 Å². The highest BCUT2D eigenvalue weighted by Gasteiger charge is 2.37. The van der Waals surface area contributed by atoms with Crippen LogP contribution in [0.4, 0.5) is 0 Å². The summed E-state index contributed by atoms with van der Waals surface area (Å²) in [5, 5.41) is 0. The van der Waals surface area contributed by atoms with Crippen LogP contribution in [0.2, 0.25) is 0 Å². The number of nitrogens with zero attached hydrogens (tertiary/aromatic N) is 1. The Hall–Kier alpha value is -2.27. The monoisotopic (exact) mass is 317 g/mol. The van der Waals surface area contributed by atoms with Crippen LogP contribution in [0.25, 0.3) is 0 Å². The largest absolute Gasteiger partial charge is 0.497 e. The lowest BCUT2D eigenvalue weighted by molar-refractivity contribution is -0.164. The molecule has 23 heavy (non-hydrogen) atoms. The van der Waals surface area contributed by atoms with Crippen LogP contribution in [-0.4, -0.2) is 36.8 Å². The molecule has 124 valence electrons. The number of likely N-dealkylation sites (tertiary alicyclic amines) is 1. The fourth-order valence-corrected chi connectivity index (χ4v) is 2.26. The molecule has 1 aromatic carbocycles. The fourth-order valence-electron chi connectivity index (χ4n) is 2.26. The van der Waals surface area contributed by atoms with E-state index in [0.29, 0.717) is 19.6 Å². The minimum atomic E-state index is -0.231. The first-order valence-corrected chi connectivity index (χ1v) is 7.53.